The molecule has 0 radical (unpaired) electrons. The quantitative estimate of drug-likeness (QED) is 0.658. The molecule has 1 amide bonds. The number of ether oxygens (including phenoxy) is 1. The van der Waals surface area contributed by atoms with E-state index in [1.165, 1.54) is 0 Å². The number of halogens is 3. The van der Waals surface area contributed by atoms with Gasteiger partial charge in [0.15, 0.2) is 5.82 Å². The van der Waals surface area contributed by atoms with Crippen LogP contribution in [0.4, 0.5) is 15.0 Å². The van der Waals surface area contributed by atoms with Crippen LogP contribution in [-0.4, -0.2) is 63.4 Å². The lowest BCUT2D eigenvalue weighted by molar-refractivity contribution is -0.00515. The lowest BCUT2D eigenvalue weighted by Crippen LogP contribution is -2.65. The van der Waals surface area contributed by atoms with E-state index in [1.807, 2.05) is 4.90 Å². The molecule has 2 aliphatic heterocycles. The molecule has 7 nitrogen and oxygen atoms in total. The van der Waals surface area contributed by atoms with Gasteiger partial charge < -0.3 is 14.7 Å². The zero-order valence-corrected chi connectivity index (χ0v) is 17.8. The van der Waals surface area contributed by atoms with Gasteiger partial charge in [-0.05, 0) is 65.3 Å². The molecule has 3 heterocycles. The first kappa shape index (κ1) is 19.3. The fourth-order valence-corrected chi connectivity index (χ4v) is 5.11. The molecule has 2 saturated heterocycles. The van der Waals surface area contributed by atoms with Crippen LogP contribution in [0.1, 0.15) is 25.7 Å². The predicted octanol–water partition coefficient (Wildman–Crippen LogP) is 4.07. The Morgan fingerprint density at radius 1 is 1.38 bits per heavy atom. The molecule has 0 unspecified atom stereocenters. The highest BCUT2D eigenvalue weighted by molar-refractivity contribution is 9.10. The summed E-state index contributed by atoms with van der Waals surface area (Å²) in [5.74, 6) is 0.0334. The second-order valence-electron chi connectivity index (χ2n) is 8.03. The van der Waals surface area contributed by atoms with Gasteiger partial charge in [0.05, 0.1) is 28.8 Å². The lowest BCUT2D eigenvalue weighted by atomic mass is 9.96. The van der Waals surface area contributed by atoms with Gasteiger partial charge in [0.2, 0.25) is 5.28 Å². The molecule has 5 rings (SSSR count). The third-order valence-electron chi connectivity index (χ3n) is 6.07. The van der Waals surface area contributed by atoms with Gasteiger partial charge in [-0.25, -0.2) is 14.2 Å². The van der Waals surface area contributed by atoms with Gasteiger partial charge in [0.1, 0.15) is 11.3 Å². The topological polar surface area (TPSA) is 78.8 Å². The Balaban J connectivity index is 1.56. The molecule has 1 N–H and O–H groups in total. The van der Waals surface area contributed by atoms with Crippen LogP contribution >= 0.6 is 27.5 Å². The summed E-state index contributed by atoms with van der Waals surface area (Å²) >= 11 is 9.30. The summed E-state index contributed by atoms with van der Waals surface area (Å²) < 4.78 is 20.9. The molecule has 3 fully saturated rings. The minimum Gasteiger partial charge on any atom is -0.465 e. The molecule has 1 aromatic heterocycles. The second kappa shape index (κ2) is 6.92. The highest BCUT2D eigenvalue weighted by Crippen LogP contribution is 2.43. The molecule has 10 heteroatoms. The van der Waals surface area contributed by atoms with Crippen LogP contribution in [0.25, 0.3) is 10.9 Å². The van der Waals surface area contributed by atoms with Crippen LogP contribution in [0, 0.1) is 5.82 Å². The van der Waals surface area contributed by atoms with E-state index in [1.54, 1.807) is 17.0 Å². The smallest absolute Gasteiger partial charge is 0.408 e. The molecule has 1 aromatic carbocycles. The Hall–Kier alpha value is -1.71. The summed E-state index contributed by atoms with van der Waals surface area (Å²) in [4.78, 5) is 24.1. The minimum absolute atomic E-state index is 0.0409. The number of fused-ring (bicyclic) bond motifs is 3. The molecule has 3 aliphatic rings. The monoisotopic (exact) mass is 484 g/mol. The van der Waals surface area contributed by atoms with E-state index in [0.717, 1.165) is 25.7 Å². The molecule has 2 aromatic rings. The highest BCUT2D eigenvalue weighted by Gasteiger charge is 2.55. The van der Waals surface area contributed by atoms with Gasteiger partial charge in [0.25, 0.3) is 0 Å². The first-order valence-corrected chi connectivity index (χ1v) is 10.8. The van der Waals surface area contributed by atoms with Crippen LogP contribution in [0.5, 0.6) is 0 Å². The summed E-state index contributed by atoms with van der Waals surface area (Å²) in [6.07, 6.45) is 2.84. The zero-order valence-electron chi connectivity index (χ0n) is 15.4. The third-order valence-corrected chi connectivity index (χ3v) is 6.85. The van der Waals surface area contributed by atoms with Crippen molar-refractivity contribution < 1.29 is 19.0 Å². The SMILES string of the molecule is O=C(O)N1[C@H]2CC[C@]1(COC1CC1)CN(c1nc(Cl)nc3c(F)c(Br)ccc13)C2. The van der Waals surface area contributed by atoms with E-state index >= 15 is 0 Å². The number of benzene rings is 1. The zero-order chi connectivity index (χ0) is 20.3. The molecule has 29 heavy (non-hydrogen) atoms. The number of carboxylic acid groups (broad SMARTS) is 1. The minimum atomic E-state index is -0.924. The summed E-state index contributed by atoms with van der Waals surface area (Å²) in [7, 11) is 0. The lowest BCUT2D eigenvalue weighted by Gasteiger charge is -2.48. The van der Waals surface area contributed by atoms with E-state index in [9.17, 15) is 14.3 Å². The van der Waals surface area contributed by atoms with Gasteiger partial charge >= 0.3 is 6.09 Å². The number of piperazine rings is 1. The molecule has 2 atom stereocenters. The van der Waals surface area contributed by atoms with Gasteiger partial charge in [-0.1, -0.05) is 0 Å². The fourth-order valence-electron chi connectivity index (χ4n) is 4.63. The Kier molecular flexibility index (Phi) is 4.60. The number of amides is 1. The number of carbonyl (C=O) groups is 1. The standard InChI is InChI=1S/C19H19BrClFN4O3/c20-13-4-3-12-15(14(13)22)23-17(21)24-16(12)25-7-10-5-6-19(8-25,26(10)18(27)28)9-29-11-1-2-11/h3-4,10-11H,1-2,5-9H2,(H,27,28)/t10-,19+/m0/s1. The van der Waals surface area contributed by atoms with Crippen LogP contribution in [0.3, 0.4) is 0 Å². The molecule has 2 bridgehead atoms. The normalized spacial score (nSPS) is 26.4. The predicted molar refractivity (Wildman–Crippen MR) is 109 cm³/mol. The number of nitrogens with zero attached hydrogens (tertiary/aromatic N) is 4. The van der Waals surface area contributed by atoms with Crippen molar-refractivity contribution >= 4 is 50.3 Å². The first-order chi connectivity index (χ1) is 13.9. The number of aromatic nitrogens is 2. The van der Waals surface area contributed by atoms with Crippen LogP contribution in [0.2, 0.25) is 5.28 Å². The summed E-state index contributed by atoms with van der Waals surface area (Å²) in [6, 6.07) is 3.20. The summed E-state index contributed by atoms with van der Waals surface area (Å²) in [5, 5.41) is 10.4. The van der Waals surface area contributed by atoms with E-state index in [4.69, 9.17) is 16.3 Å². The molecular formula is C19H19BrClFN4O3. The summed E-state index contributed by atoms with van der Waals surface area (Å²) in [5.41, 5.74) is -0.500. The number of anilines is 1. The maximum atomic E-state index is 14.6. The number of rotatable bonds is 4. The molecule has 0 spiro atoms. The van der Waals surface area contributed by atoms with Gasteiger partial charge in [-0.2, -0.15) is 4.98 Å². The average molecular weight is 486 g/mol. The van der Waals surface area contributed by atoms with Crippen molar-refractivity contribution in [2.24, 2.45) is 0 Å². The van der Waals surface area contributed by atoms with E-state index < -0.39 is 17.4 Å². The Bertz CT molecular complexity index is 1010. The maximum Gasteiger partial charge on any atom is 0.408 e. The molecule has 1 saturated carbocycles. The van der Waals surface area contributed by atoms with Gasteiger partial charge in [0, 0.05) is 18.5 Å². The largest absolute Gasteiger partial charge is 0.465 e. The van der Waals surface area contributed by atoms with Crippen molar-refractivity contribution in [3.63, 3.8) is 0 Å². The highest BCUT2D eigenvalue weighted by atomic mass is 79.9. The molecule has 154 valence electrons. The average Bonchev–Trinajstić information content (AvgIpc) is 3.48. The van der Waals surface area contributed by atoms with Gasteiger partial charge in [-0.3, -0.25) is 4.90 Å². The van der Waals surface area contributed by atoms with E-state index in [2.05, 4.69) is 25.9 Å². The van der Waals surface area contributed by atoms with Crippen molar-refractivity contribution in [3.8, 4) is 0 Å². The number of hydrogen-bond acceptors (Lipinski definition) is 5. The van der Waals surface area contributed by atoms with Crippen molar-refractivity contribution in [2.75, 3.05) is 24.6 Å². The third kappa shape index (κ3) is 3.23. The summed E-state index contributed by atoms with van der Waals surface area (Å²) in [6.45, 7) is 1.24. The molecular weight excluding hydrogens is 467 g/mol. The Labute approximate surface area is 179 Å². The molecule has 1 aliphatic carbocycles. The van der Waals surface area contributed by atoms with E-state index in [-0.39, 0.29) is 22.9 Å². The first-order valence-electron chi connectivity index (χ1n) is 9.58. The maximum absolute atomic E-state index is 14.6. The van der Waals surface area contributed by atoms with Crippen LogP contribution in [0.15, 0.2) is 16.6 Å². The Morgan fingerprint density at radius 2 is 2.17 bits per heavy atom. The van der Waals surface area contributed by atoms with Gasteiger partial charge in [-0.15, -0.1) is 0 Å². The van der Waals surface area contributed by atoms with Crippen LogP contribution in [-0.2, 0) is 4.74 Å². The van der Waals surface area contributed by atoms with Crippen molar-refractivity contribution in [1.82, 2.24) is 14.9 Å². The fraction of sp³-hybridized carbons (Fsp3) is 0.526. The number of hydrogen-bond donors (Lipinski definition) is 1. The van der Waals surface area contributed by atoms with Crippen molar-refractivity contribution in [1.29, 1.82) is 0 Å². The van der Waals surface area contributed by atoms with E-state index in [0.29, 0.717) is 35.4 Å². The van der Waals surface area contributed by atoms with Crippen molar-refractivity contribution in [2.45, 2.75) is 43.4 Å². The van der Waals surface area contributed by atoms with Crippen LogP contribution < -0.4 is 4.90 Å². The second-order valence-corrected chi connectivity index (χ2v) is 9.23. The Morgan fingerprint density at radius 3 is 2.90 bits per heavy atom. The van der Waals surface area contributed by atoms with Crippen molar-refractivity contribution in [3.05, 3.63) is 27.7 Å².